The topological polar surface area (TPSA) is 58.5 Å². The molecule has 1 unspecified atom stereocenters. The summed E-state index contributed by atoms with van der Waals surface area (Å²) < 4.78 is 2.28. The summed E-state index contributed by atoms with van der Waals surface area (Å²) in [5.41, 5.74) is 4.63. The van der Waals surface area contributed by atoms with E-state index in [1.165, 1.54) is 17.0 Å². The minimum Gasteiger partial charge on any atom is -0.333 e. The molecule has 0 saturated carbocycles. The molecule has 3 aromatic rings. The highest BCUT2D eigenvalue weighted by Crippen LogP contribution is 2.22. The number of imidazole rings is 1. The van der Waals surface area contributed by atoms with Gasteiger partial charge in [0.15, 0.2) is 0 Å². The smallest absolute Gasteiger partial charge is 0.109 e. The van der Waals surface area contributed by atoms with Crippen molar-refractivity contribution in [3.63, 3.8) is 0 Å². The molecule has 0 amide bonds. The van der Waals surface area contributed by atoms with Crippen LogP contribution in [-0.4, -0.2) is 25.8 Å². The van der Waals surface area contributed by atoms with Crippen molar-refractivity contribution in [1.82, 2.24) is 25.1 Å². The van der Waals surface area contributed by atoms with Crippen molar-refractivity contribution >= 4 is 0 Å². The van der Waals surface area contributed by atoms with Gasteiger partial charge in [-0.15, -0.1) is 0 Å². The number of aryl methyl sites for hydroxylation is 2. The molecule has 118 valence electrons. The van der Waals surface area contributed by atoms with Gasteiger partial charge in [0, 0.05) is 37.3 Å². The van der Waals surface area contributed by atoms with Crippen LogP contribution in [-0.2, 0) is 19.5 Å². The number of fused-ring (bicyclic) bond motifs is 1. The lowest BCUT2D eigenvalue weighted by Gasteiger charge is -2.24. The highest BCUT2D eigenvalue weighted by molar-refractivity contribution is 5.64. The van der Waals surface area contributed by atoms with Crippen LogP contribution in [0.4, 0.5) is 0 Å². The first-order chi connectivity index (χ1) is 11.3. The van der Waals surface area contributed by atoms with Gasteiger partial charge in [0.1, 0.15) is 5.82 Å². The second-order valence-electron chi connectivity index (χ2n) is 6.20. The monoisotopic (exact) mass is 307 g/mol. The summed E-state index contributed by atoms with van der Waals surface area (Å²) in [7, 11) is 0. The van der Waals surface area contributed by atoms with E-state index in [4.69, 9.17) is 0 Å². The zero-order valence-corrected chi connectivity index (χ0v) is 13.3. The molecule has 5 heteroatoms. The summed E-state index contributed by atoms with van der Waals surface area (Å²) in [6.45, 7) is 3.85. The van der Waals surface area contributed by atoms with Crippen molar-refractivity contribution in [2.45, 2.75) is 38.9 Å². The SMILES string of the molecule is Cc1cn2c(n1)CCC(NCc1[nH]ncc1-c1ccccc1)C2. The van der Waals surface area contributed by atoms with E-state index in [2.05, 4.69) is 62.5 Å². The largest absolute Gasteiger partial charge is 0.333 e. The van der Waals surface area contributed by atoms with E-state index in [0.717, 1.165) is 37.3 Å². The number of aromatic amines is 1. The van der Waals surface area contributed by atoms with Gasteiger partial charge in [-0.1, -0.05) is 30.3 Å². The van der Waals surface area contributed by atoms with Crippen LogP contribution in [0.5, 0.6) is 0 Å². The Bertz CT molecular complexity index is 787. The molecule has 0 radical (unpaired) electrons. The van der Waals surface area contributed by atoms with Gasteiger partial charge in [0.2, 0.25) is 0 Å². The molecule has 3 heterocycles. The number of rotatable bonds is 4. The van der Waals surface area contributed by atoms with Crippen molar-refractivity contribution in [2.75, 3.05) is 0 Å². The van der Waals surface area contributed by atoms with Crippen LogP contribution in [0.15, 0.2) is 42.7 Å². The average Bonchev–Trinajstić information content (AvgIpc) is 3.18. The summed E-state index contributed by atoms with van der Waals surface area (Å²) in [6.07, 6.45) is 6.23. The first-order valence-corrected chi connectivity index (χ1v) is 8.13. The fourth-order valence-electron chi connectivity index (χ4n) is 3.31. The normalized spacial score (nSPS) is 17.2. The van der Waals surface area contributed by atoms with E-state index in [-0.39, 0.29) is 0 Å². The molecule has 5 nitrogen and oxygen atoms in total. The van der Waals surface area contributed by atoms with E-state index in [1.54, 1.807) is 0 Å². The summed E-state index contributed by atoms with van der Waals surface area (Å²) in [5.74, 6) is 1.21. The van der Waals surface area contributed by atoms with Gasteiger partial charge in [0.25, 0.3) is 0 Å². The second kappa shape index (κ2) is 6.01. The van der Waals surface area contributed by atoms with Crippen LogP contribution in [0, 0.1) is 6.92 Å². The van der Waals surface area contributed by atoms with E-state index in [0.29, 0.717) is 6.04 Å². The van der Waals surface area contributed by atoms with Gasteiger partial charge in [-0.2, -0.15) is 5.10 Å². The first-order valence-electron chi connectivity index (χ1n) is 8.13. The zero-order chi connectivity index (χ0) is 15.6. The highest BCUT2D eigenvalue weighted by Gasteiger charge is 2.19. The Hall–Kier alpha value is -2.40. The molecular formula is C18H21N5. The van der Waals surface area contributed by atoms with E-state index < -0.39 is 0 Å². The molecule has 0 aliphatic carbocycles. The molecule has 1 aliphatic heterocycles. The summed E-state index contributed by atoms with van der Waals surface area (Å²) in [4.78, 5) is 4.57. The minimum absolute atomic E-state index is 0.475. The van der Waals surface area contributed by atoms with Gasteiger partial charge in [-0.3, -0.25) is 5.10 Å². The van der Waals surface area contributed by atoms with Crippen molar-refractivity contribution in [3.8, 4) is 11.1 Å². The van der Waals surface area contributed by atoms with Crippen LogP contribution < -0.4 is 5.32 Å². The number of hydrogen-bond donors (Lipinski definition) is 2. The first kappa shape index (κ1) is 14.2. The third kappa shape index (κ3) is 2.92. The van der Waals surface area contributed by atoms with Gasteiger partial charge < -0.3 is 9.88 Å². The van der Waals surface area contributed by atoms with Crippen molar-refractivity contribution in [1.29, 1.82) is 0 Å². The molecule has 0 saturated heterocycles. The number of nitrogens with one attached hydrogen (secondary N) is 2. The van der Waals surface area contributed by atoms with Crippen molar-refractivity contribution < 1.29 is 0 Å². The van der Waals surface area contributed by atoms with Crippen LogP contribution in [0.25, 0.3) is 11.1 Å². The Morgan fingerprint density at radius 3 is 3.04 bits per heavy atom. The molecule has 2 N–H and O–H groups in total. The average molecular weight is 307 g/mol. The molecule has 2 aromatic heterocycles. The van der Waals surface area contributed by atoms with Crippen LogP contribution in [0.2, 0.25) is 0 Å². The number of benzene rings is 1. The van der Waals surface area contributed by atoms with Crippen LogP contribution >= 0.6 is 0 Å². The standard InChI is InChI=1S/C18H21N5/c1-13-11-23-12-15(7-8-18(23)21-13)19-10-17-16(9-20-22-17)14-5-3-2-4-6-14/h2-6,9,11,15,19H,7-8,10,12H2,1H3,(H,20,22). The van der Waals surface area contributed by atoms with E-state index in [1.807, 2.05) is 12.3 Å². The lowest BCUT2D eigenvalue weighted by molar-refractivity contribution is 0.377. The number of hydrogen-bond acceptors (Lipinski definition) is 3. The maximum absolute atomic E-state index is 4.57. The molecule has 1 atom stereocenters. The van der Waals surface area contributed by atoms with Crippen LogP contribution in [0.1, 0.15) is 23.6 Å². The van der Waals surface area contributed by atoms with Gasteiger partial charge in [0.05, 0.1) is 17.6 Å². The summed E-state index contributed by atoms with van der Waals surface area (Å²) in [5, 5.41) is 11.0. The fourth-order valence-corrected chi connectivity index (χ4v) is 3.31. The third-order valence-electron chi connectivity index (χ3n) is 4.48. The van der Waals surface area contributed by atoms with Gasteiger partial charge in [-0.05, 0) is 18.9 Å². The quantitative estimate of drug-likeness (QED) is 0.779. The second-order valence-corrected chi connectivity index (χ2v) is 6.20. The van der Waals surface area contributed by atoms with Crippen molar-refractivity contribution in [3.05, 3.63) is 59.9 Å². The minimum atomic E-state index is 0.475. The molecule has 1 aromatic carbocycles. The lowest BCUT2D eigenvalue weighted by Crippen LogP contribution is -2.37. The Morgan fingerprint density at radius 1 is 1.30 bits per heavy atom. The van der Waals surface area contributed by atoms with Gasteiger partial charge in [-0.25, -0.2) is 4.98 Å². The Labute approximate surface area is 135 Å². The summed E-state index contributed by atoms with van der Waals surface area (Å²) >= 11 is 0. The zero-order valence-electron chi connectivity index (χ0n) is 13.3. The Kier molecular flexibility index (Phi) is 3.71. The maximum atomic E-state index is 4.57. The molecule has 4 rings (SSSR count). The molecule has 0 spiro atoms. The van der Waals surface area contributed by atoms with E-state index in [9.17, 15) is 0 Å². The van der Waals surface area contributed by atoms with Gasteiger partial charge >= 0.3 is 0 Å². The molecule has 0 fully saturated rings. The fraction of sp³-hybridized carbons (Fsp3) is 0.333. The number of aromatic nitrogens is 4. The molecule has 0 bridgehead atoms. The predicted octanol–water partition coefficient (Wildman–Crippen LogP) is 2.69. The maximum Gasteiger partial charge on any atom is 0.109 e. The Balaban J connectivity index is 1.44. The van der Waals surface area contributed by atoms with E-state index >= 15 is 0 Å². The highest BCUT2D eigenvalue weighted by atomic mass is 15.1. The Morgan fingerprint density at radius 2 is 2.17 bits per heavy atom. The van der Waals surface area contributed by atoms with Crippen molar-refractivity contribution in [2.24, 2.45) is 0 Å². The molecule has 23 heavy (non-hydrogen) atoms. The molecule has 1 aliphatic rings. The summed E-state index contributed by atoms with van der Waals surface area (Å²) in [6, 6.07) is 10.9. The lowest BCUT2D eigenvalue weighted by atomic mass is 10.1. The molecular weight excluding hydrogens is 286 g/mol. The third-order valence-corrected chi connectivity index (χ3v) is 4.48. The van der Waals surface area contributed by atoms with Crippen LogP contribution in [0.3, 0.4) is 0 Å². The number of H-pyrrole nitrogens is 1. The number of nitrogens with zero attached hydrogens (tertiary/aromatic N) is 3. The predicted molar refractivity (Wildman–Crippen MR) is 89.9 cm³/mol.